The van der Waals surface area contributed by atoms with Gasteiger partial charge in [-0.15, -0.1) is 0 Å². The van der Waals surface area contributed by atoms with Crippen LogP contribution in [-0.4, -0.2) is 17.2 Å². The Bertz CT molecular complexity index is 446. The van der Waals surface area contributed by atoms with Gasteiger partial charge in [-0.1, -0.05) is 13.8 Å². The number of nitrogens with two attached hydrogens (primary N) is 1. The monoisotopic (exact) mass is 255 g/mol. The van der Waals surface area contributed by atoms with E-state index in [0.717, 1.165) is 18.6 Å². The molecule has 3 N–H and O–H groups in total. The van der Waals surface area contributed by atoms with Gasteiger partial charge >= 0.3 is 5.97 Å². The van der Waals surface area contributed by atoms with Crippen LogP contribution in [0.3, 0.4) is 0 Å². The zero-order chi connectivity index (χ0) is 13.9. The molecule has 0 fully saturated rings. The average Bonchev–Trinajstić information content (AvgIpc) is 2.21. The number of rotatable bonds is 5. The minimum Gasteiger partial charge on any atom is -0.488 e. The number of ether oxygens (including phenoxy) is 1. The van der Waals surface area contributed by atoms with Gasteiger partial charge in [0.1, 0.15) is 11.6 Å². The molecule has 1 aromatic carbocycles. The molecule has 0 aromatic heterocycles. The van der Waals surface area contributed by atoms with E-state index in [4.69, 9.17) is 15.6 Å². The van der Waals surface area contributed by atoms with Crippen LogP contribution in [0, 0.1) is 11.7 Å². The highest BCUT2D eigenvalue weighted by molar-refractivity contribution is 5.89. The molecule has 0 aliphatic carbocycles. The lowest BCUT2D eigenvalue weighted by Gasteiger charge is -2.18. The van der Waals surface area contributed by atoms with Crippen LogP contribution in [0.4, 0.5) is 10.1 Å². The predicted molar refractivity (Wildman–Crippen MR) is 67.3 cm³/mol. The molecule has 0 saturated carbocycles. The van der Waals surface area contributed by atoms with Crippen LogP contribution in [0.1, 0.15) is 37.6 Å². The molecule has 0 heterocycles. The lowest BCUT2D eigenvalue weighted by molar-refractivity contribution is 0.0692. The predicted octanol–water partition coefficient (Wildman–Crippen LogP) is 2.92. The van der Waals surface area contributed by atoms with E-state index < -0.39 is 17.3 Å². The zero-order valence-electron chi connectivity index (χ0n) is 10.7. The molecule has 0 saturated heterocycles. The van der Waals surface area contributed by atoms with Gasteiger partial charge in [0.25, 0.3) is 0 Å². The van der Waals surface area contributed by atoms with Gasteiger partial charge in [-0.2, -0.15) is 0 Å². The molecule has 5 heteroatoms. The summed E-state index contributed by atoms with van der Waals surface area (Å²) in [6.45, 7) is 5.97. The van der Waals surface area contributed by atoms with Crippen LogP contribution in [0.5, 0.6) is 5.75 Å². The van der Waals surface area contributed by atoms with Crippen molar-refractivity contribution in [3.05, 3.63) is 23.5 Å². The second-order valence-electron chi connectivity index (χ2n) is 4.73. The Labute approximate surface area is 106 Å². The summed E-state index contributed by atoms with van der Waals surface area (Å²) in [6.07, 6.45) is 0.698. The van der Waals surface area contributed by atoms with Crippen molar-refractivity contribution >= 4 is 11.7 Å². The Morgan fingerprint density at radius 1 is 1.44 bits per heavy atom. The lowest BCUT2D eigenvalue weighted by Crippen LogP contribution is -2.16. The van der Waals surface area contributed by atoms with Crippen molar-refractivity contribution < 1.29 is 19.0 Å². The fraction of sp³-hybridized carbons (Fsp3) is 0.462. The minimum absolute atomic E-state index is 0.109. The van der Waals surface area contributed by atoms with E-state index in [1.807, 2.05) is 6.92 Å². The molecule has 1 aromatic rings. The Balaban J connectivity index is 2.91. The fourth-order valence-corrected chi connectivity index (χ4v) is 1.77. The first kappa shape index (κ1) is 14.3. The van der Waals surface area contributed by atoms with Gasteiger partial charge in [0.2, 0.25) is 0 Å². The van der Waals surface area contributed by atoms with Crippen LogP contribution in [0.15, 0.2) is 12.1 Å². The number of anilines is 1. The van der Waals surface area contributed by atoms with Crippen molar-refractivity contribution in [2.24, 2.45) is 5.92 Å². The molecule has 0 amide bonds. The van der Waals surface area contributed by atoms with Crippen molar-refractivity contribution in [3.8, 4) is 5.75 Å². The molecule has 4 nitrogen and oxygen atoms in total. The van der Waals surface area contributed by atoms with E-state index in [-0.39, 0.29) is 17.5 Å². The quantitative estimate of drug-likeness (QED) is 0.793. The first-order valence-electron chi connectivity index (χ1n) is 5.80. The summed E-state index contributed by atoms with van der Waals surface area (Å²) in [5.74, 6) is -1.56. The number of nitrogen functional groups attached to an aromatic ring is 1. The Hall–Kier alpha value is -1.78. The van der Waals surface area contributed by atoms with Crippen molar-refractivity contribution in [2.45, 2.75) is 33.3 Å². The molecule has 0 bridgehead atoms. The number of halogens is 1. The number of benzene rings is 1. The van der Waals surface area contributed by atoms with E-state index in [1.165, 1.54) is 0 Å². The van der Waals surface area contributed by atoms with Gasteiger partial charge in [0.15, 0.2) is 0 Å². The third-order valence-corrected chi connectivity index (χ3v) is 2.46. The fourth-order valence-electron chi connectivity index (χ4n) is 1.77. The minimum atomic E-state index is -1.35. The highest BCUT2D eigenvalue weighted by Crippen LogP contribution is 2.27. The summed E-state index contributed by atoms with van der Waals surface area (Å²) in [5.41, 5.74) is 5.33. The maximum Gasteiger partial charge on any atom is 0.338 e. The Morgan fingerprint density at radius 3 is 2.56 bits per heavy atom. The SMILES string of the molecule is CC(C)CC(C)Oc1cc(F)c(C(=O)O)cc1N. The molecule has 100 valence electrons. The summed E-state index contributed by atoms with van der Waals surface area (Å²) in [5, 5.41) is 8.75. The van der Waals surface area contributed by atoms with Crippen LogP contribution >= 0.6 is 0 Å². The van der Waals surface area contributed by atoms with Crippen LogP contribution in [-0.2, 0) is 0 Å². The average molecular weight is 255 g/mol. The van der Waals surface area contributed by atoms with Gasteiger partial charge < -0.3 is 15.6 Å². The van der Waals surface area contributed by atoms with Crippen LogP contribution < -0.4 is 10.5 Å². The van der Waals surface area contributed by atoms with Gasteiger partial charge in [0, 0.05) is 6.07 Å². The first-order chi connectivity index (χ1) is 8.31. The molecule has 0 radical (unpaired) electrons. The van der Waals surface area contributed by atoms with E-state index in [2.05, 4.69) is 13.8 Å². The summed E-state index contributed by atoms with van der Waals surface area (Å²) in [7, 11) is 0. The smallest absolute Gasteiger partial charge is 0.338 e. The zero-order valence-corrected chi connectivity index (χ0v) is 10.7. The number of carbonyl (C=O) groups is 1. The van der Waals surface area contributed by atoms with Gasteiger partial charge in [-0.25, -0.2) is 9.18 Å². The molecular weight excluding hydrogens is 237 g/mol. The largest absolute Gasteiger partial charge is 0.488 e. The van der Waals surface area contributed by atoms with E-state index in [0.29, 0.717) is 5.92 Å². The standard InChI is InChI=1S/C13H18FNO3/c1-7(2)4-8(3)18-12-6-10(14)9(13(16)17)5-11(12)15/h5-8H,4,15H2,1-3H3,(H,16,17). The number of carboxylic acids is 1. The lowest BCUT2D eigenvalue weighted by atomic mass is 10.1. The number of carboxylic acid groups (broad SMARTS) is 1. The second kappa shape index (κ2) is 5.71. The van der Waals surface area contributed by atoms with Gasteiger partial charge in [-0.05, 0) is 25.3 Å². The molecule has 1 atom stereocenters. The summed E-state index contributed by atoms with van der Waals surface area (Å²) < 4.78 is 19.0. The number of hydrogen-bond donors (Lipinski definition) is 2. The molecule has 0 aliphatic rings. The molecule has 1 rings (SSSR count). The van der Waals surface area contributed by atoms with E-state index >= 15 is 0 Å². The second-order valence-corrected chi connectivity index (χ2v) is 4.73. The van der Waals surface area contributed by atoms with Crippen LogP contribution in [0.25, 0.3) is 0 Å². The number of aromatic carboxylic acids is 1. The highest BCUT2D eigenvalue weighted by atomic mass is 19.1. The van der Waals surface area contributed by atoms with Crippen molar-refractivity contribution in [2.75, 3.05) is 5.73 Å². The normalized spacial score (nSPS) is 12.5. The highest BCUT2D eigenvalue weighted by Gasteiger charge is 2.16. The van der Waals surface area contributed by atoms with Crippen molar-refractivity contribution in [1.82, 2.24) is 0 Å². The molecule has 0 aliphatic heterocycles. The van der Waals surface area contributed by atoms with Gasteiger partial charge in [0.05, 0.1) is 17.4 Å². The van der Waals surface area contributed by atoms with E-state index in [1.54, 1.807) is 0 Å². The Morgan fingerprint density at radius 2 is 2.06 bits per heavy atom. The molecular formula is C13H18FNO3. The van der Waals surface area contributed by atoms with E-state index in [9.17, 15) is 9.18 Å². The third-order valence-electron chi connectivity index (χ3n) is 2.46. The first-order valence-corrected chi connectivity index (χ1v) is 5.80. The third kappa shape index (κ3) is 3.61. The van der Waals surface area contributed by atoms with Crippen LogP contribution in [0.2, 0.25) is 0 Å². The molecule has 1 unspecified atom stereocenters. The summed E-state index contributed by atoms with van der Waals surface area (Å²) in [4.78, 5) is 10.7. The maximum atomic E-state index is 13.5. The number of hydrogen-bond acceptors (Lipinski definition) is 3. The topological polar surface area (TPSA) is 72.5 Å². The molecule has 0 spiro atoms. The summed E-state index contributed by atoms with van der Waals surface area (Å²) in [6, 6.07) is 2.10. The Kier molecular flexibility index (Phi) is 4.53. The van der Waals surface area contributed by atoms with Gasteiger partial charge in [-0.3, -0.25) is 0 Å². The van der Waals surface area contributed by atoms with Crippen molar-refractivity contribution in [1.29, 1.82) is 0 Å². The maximum absolute atomic E-state index is 13.5. The van der Waals surface area contributed by atoms with Crippen molar-refractivity contribution in [3.63, 3.8) is 0 Å². The molecule has 18 heavy (non-hydrogen) atoms. The summed E-state index contributed by atoms with van der Waals surface area (Å²) >= 11 is 0.